The van der Waals surface area contributed by atoms with Crippen LogP contribution in [0.4, 0.5) is 5.69 Å². The lowest BCUT2D eigenvalue weighted by Crippen LogP contribution is -2.41. The summed E-state index contributed by atoms with van der Waals surface area (Å²) in [4.78, 5) is 14.0. The molecule has 6 heteroatoms. The van der Waals surface area contributed by atoms with Gasteiger partial charge in [-0.25, -0.2) is 4.79 Å². The second-order valence-corrected chi connectivity index (χ2v) is 6.98. The van der Waals surface area contributed by atoms with Crippen LogP contribution in [0.3, 0.4) is 0 Å². The number of carbonyl (C=O) groups is 1. The van der Waals surface area contributed by atoms with Gasteiger partial charge in [0.25, 0.3) is 0 Å². The van der Waals surface area contributed by atoms with Crippen LogP contribution in [0.15, 0.2) is 42.5 Å². The number of hydrogen-bond donors (Lipinski definition) is 1. The minimum absolute atomic E-state index is 0.296. The highest BCUT2D eigenvalue weighted by Gasteiger charge is 2.21. The minimum Gasteiger partial charge on any atom is -0.465 e. The third-order valence-electron chi connectivity index (χ3n) is 5.03. The Balaban J connectivity index is 1.34. The average Bonchev–Trinajstić information content (AvgIpc) is 3.16. The fraction of sp³-hybridized carbons (Fsp3) is 0.381. The van der Waals surface area contributed by atoms with Crippen LogP contribution in [-0.2, 0) is 11.3 Å². The molecule has 0 bridgehead atoms. The standard InChI is InChI=1S/C21H24N2O4/c1-25-21(24)16-6-4-15(5-7-16)12-23-10-2-3-18(13-23)22-17-8-9-19-20(11-17)27-14-26-19/h4-9,11,18,22H,2-3,10,12-14H2,1H3. The second kappa shape index (κ2) is 7.88. The van der Waals surface area contributed by atoms with Crippen molar-refractivity contribution >= 4 is 11.7 Å². The number of methoxy groups -OCH3 is 1. The number of benzene rings is 2. The summed E-state index contributed by atoms with van der Waals surface area (Å²) in [5.74, 6) is 1.31. The summed E-state index contributed by atoms with van der Waals surface area (Å²) in [5, 5.41) is 3.62. The SMILES string of the molecule is COC(=O)c1ccc(CN2CCCC(Nc3ccc4c(c3)OCO4)C2)cc1. The van der Waals surface area contributed by atoms with Crippen LogP contribution in [0.5, 0.6) is 11.5 Å². The van der Waals surface area contributed by atoms with E-state index in [0.717, 1.165) is 49.7 Å². The first-order chi connectivity index (χ1) is 13.2. The first-order valence-electron chi connectivity index (χ1n) is 9.27. The predicted molar refractivity (Wildman–Crippen MR) is 102 cm³/mol. The van der Waals surface area contributed by atoms with Crippen molar-refractivity contribution in [1.82, 2.24) is 4.90 Å². The summed E-state index contributed by atoms with van der Waals surface area (Å²) >= 11 is 0. The Morgan fingerprint density at radius 1 is 1.19 bits per heavy atom. The van der Waals surface area contributed by atoms with Crippen molar-refractivity contribution < 1.29 is 19.0 Å². The lowest BCUT2D eigenvalue weighted by molar-refractivity contribution is 0.0600. The number of nitrogens with one attached hydrogen (secondary N) is 1. The molecule has 0 spiro atoms. The van der Waals surface area contributed by atoms with Gasteiger partial charge in [0.1, 0.15) is 0 Å². The van der Waals surface area contributed by atoms with E-state index in [4.69, 9.17) is 14.2 Å². The second-order valence-electron chi connectivity index (χ2n) is 6.98. The van der Waals surface area contributed by atoms with Crippen LogP contribution in [0, 0.1) is 0 Å². The average molecular weight is 368 g/mol. The zero-order valence-corrected chi connectivity index (χ0v) is 15.4. The van der Waals surface area contributed by atoms with Crippen LogP contribution in [0.2, 0.25) is 0 Å². The fourth-order valence-corrected chi connectivity index (χ4v) is 3.66. The number of anilines is 1. The number of carbonyl (C=O) groups excluding carboxylic acids is 1. The molecule has 2 heterocycles. The van der Waals surface area contributed by atoms with E-state index in [1.807, 2.05) is 42.5 Å². The van der Waals surface area contributed by atoms with Gasteiger partial charge in [0.2, 0.25) is 6.79 Å². The molecule has 27 heavy (non-hydrogen) atoms. The van der Waals surface area contributed by atoms with Gasteiger partial charge in [-0.1, -0.05) is 12.1 Å². The molecular weight excluding hydrogens is 344 g/mol. The molecule has 2 aliphatic rings. The zero-order chi connectivity index (χ0) is 18.6. The monoisotopic (exact) mass is 368 g/mol. The van der Waals surface area contributed by atoms with Crippen molar-refractivity contribution in [1.29, 1.82) is 0 Å². The van der Waals surface area contributed by atoms with Gasteiger partial charge in [-0.3, -0.25) is 4.90 Å². The van der Waals surface area contributed by atoms with Crippen LogP contribution >= 0.6 is 0 Å². The Morgan fingerprint density at radius 2 is 2.00 bits per heavy atom. The van der Waals surface area contributed by atoms with Gasteiger partial charge in [-0.2, -0.15) is 0 Å². The molecule has 0 saturated carbocycles. The van der Waals surface area contributed by atoms with E-state index in [-0.39, 0.29) is 5.97 Å². The maximum Gasteiger partial charge on any atom is 0.337 e. The van der Waals surface area contributed by atoms with Crippen molar-refractivity contribution in [2.24, 2.45) is 0 Å². The summed E-state index contributed by atoms with van der Waals surface area (Å²) in [6.45, 7) is 3.23. The maximum absolute atomic E-state index is 11.5. The summed E-state index contributed by atoms with van der Waals surface area (Å²) in [7, 11) is 1.40. The van der Waals surface area contributed by atoms with Gasteiger partial charge in [0, 0.05) is 30.9 Å². The number of piperidine rings is 1. The molecule has 0 aromatic heterocycles. The number of likely N-dealkylation sites (tertiary alicyclic amines) is 1. The summed E-state index contributed by atoms with van der Waals surface area (Å²) < 4.78 is 15.6. The lowest BCUT2D eigenvalue weighted by Gasteiger charge is -2.33. The molecule has 4 rings (SSSR count). The smallest absolute Gasteiger partial charge is 0.337 e. The highest BCUT2D eigenvalue weighted by Crippen LogP contribution is 2.34. The number of nitrogens with zero attached hydrogens (tertiary/aromatic N) is 1. The molecular formula is C21H24N2O4. The van der Waals surface area contributed by atoms with E-state index < -0.39 is 0 Å². The lowest BCUT2D eigenvalue weighted by atomic mass is 10.0. The van der Waals surface area contributed by atoms with Crippen LogP contribution < -0.4 is 14.8 Å². The Bertz CT molecular complexity index is 806. The number of hydrogen-bond acceptors (Lipinski definition) is 6. The molecule has 2 aromatic carbocycles. The molecule has 1 fully saturated rings. The molecule has 1 atom stereocenters. The Morgan fingerprint density at radius 3 is 2.81 bits per heavy atom. The number of fused-ring (bicyclic) bond motifs is 1. The minimum atomic E-state index is -0.299. The topological polar surface area (TPSA) is 60.0 Å². The van der Waals surface area contributed by atoms with Crippen molar-refractivity contribution in [3.05, 3.63) is 53.6 Å². The van der Waals surface area contributed by atoms with Crippen molar-refractivity contribution in [2.45, 2.75) is 25.4 Å². The largest absolute Gasteiger partial charge is 0.465 e. The van der Waals surface area contributed by atoms with Crippen molar-refractivity contribution in [3.63, 3.8) is 0 Å². The van der Waals surface area contributed by atoms with Crippen LogP contribution in [0.1, 0.15) is 28.8 Å². The first-order valence-corrected chi connectivity index (χ1v) is 9.27. The molecule has 1 unspecified atom stereocenters. The van der Waals surface area contributed by atoms with E-state index in [2.05, 4.69) is 10.2 Å². The fourth-order valence-electron chi connectivity index (χ4n) is 3.66. The van der Waals surface area contributed by atoms with Gasteiger partial charge in [0.05, 0.1) is 12.7 Å². The highest BCUT2D eigenvalue weighted by atomic mass is 16.7. The highest BCUT2D eigenvalue weighted by molar-refractivity contribution is 5.89. The number of rotatable bonds is 5. The van der Waals surface area contributed by atoms with E-state index in [1.165, 1.54) is 12.7 Å². The Hall–Kier alpha value is -2.73. The van der Waals surface area contributed by atoms with Gasteiger partial charge < -0.3 is 19.5 Å². The predicted octanol–water partition coefficient (Wildman–Crippen LogP) is 3.28. The summed E-state index contributed by atoms with van der Waals surface area (Å²) in [6.07, 6.45) is 2.30. The van der Waals surface area contributed by atoms with E-state index in [9.17, 15) is 4.79 Å². The van der Waals surface area contributed by atoms with Gasteiger partial charge >= 0.3 is 5.97 Å². The Labute approximate surface area is 159 Å². The molecule has 6 nitrogen and oxygen atoms in total. The molecule has 1 saturated heterocycles. The normalized spacial score (nSPS) is 18.9. The van der Waals surface area contributed by atoms with Gasteiger partial charge in [-0.05, 0) is 49.2 Å². The quantitative estimate of drug-likeness (QED) is 0.818. The van der Waals surface area contributed by atoms with Gasteiger partial charge in [-0.15, -0.1) is 0 Å². The molecule has 142 valence electrons. The molecule has 0 radical (unpaired) electrons. The van der Waals surface area contributed by atoms with E-state index in [1.54, 1.807) is 0 Å². The molecule has 2 aliphatic heterocycles. The molecule has 0 aliphatic carbocycles. The van der Waals surface area contributed by atoms with E-state index in [0.29, 0.717) is 18.4 Å². The molecule has 2 aromatic rings. The summed E-state index contributed by atoms with van der Waals surface area (Å²) in [5.41, 5.74) is 2.85. The summed E-state index contributed by atoms with van der Waals surface area (Å²) in [6, 6.07) is 14.1. The first kappa shape index (κ1) is 17.7. The molecule has 0 amide bonds. The third-order valence-corrected chi connectivity index (χ3v) is 5.03. The van der Waals surface area contributed by atoms with Crippen LogP contribution in [-0.4, -0.2) is 43.9 Å². The van der Waals surface area contributed by atoms with Crippen molar-refractivity contribution in [2.75, 3.05) is 32.3 Å². The van der Waals surface area contributed by atoms with Gasteiger partial charge in [0.15, 0.2) is 11.5 Å². The zero-order valence-electron chi connectivity index (χ0n) is 15.4. The molecule has 1 N–H and O–H groups in total. The Kier molecular flexibility index (Phi) is 5.16. The van der Waals surface area contributed by atoms with Crippen LogP contribution in [0.25, 0.3) is 0 Å². The number of esters is 1. The van der Waals surface area contributed by atoms with Crippen molar-refractivity contribution in [3.8, 4) is 11.5 Å². The third kappa shape index (κ3) is 4.17. The number of ether oxygens (including phenoxy) is 3. The van der Waals surface area contributed by atoms with E-state index >= 15 is 0 Å². The maximum atomic E-state index is 11.5.